The fraction of sp³-hybridized carbons (Fsp3) is 0.536. The van der Waals surface area contributed by atoms with Crippen molar-refractivity contribution >= 4 is 6.29 Å². The summed E-state index contributed by atoms with van der Waals surface area (Å²) in [6.07, 6.45) is 7.41. The van der Waals surface area contributed by atoms with E-state index in [1.165, 1.54) is 31.4 Å². The molecule has 0 bridgehead atoms. The zero-order chi connectivity index (χ0) is 22.6. The molecule has 0 aliphatic heterocycles. The lowest BCUT2D eigenvalue weighted by molar-refractivity contribution is -0.185. The molecule has 2 saturated carbocycles. The molecule has 2 aliphatic carbocycles. The molecular weight excluding hydrogens is 406 g/mol. The number of ether oxygens (including phenoxy) is 1. The molecule has 0 saturated heterocycles. The third-order valence-electron chi connectivity index (χ3n) is 7.70. The normalized spacial score (nSPS) is 26.5. The van der Waals surface area contributed by atoms with Crippen LogP contribution in [0.5, 0.6) is 5.75 Å². The van der Waals surface area contributed by atoms with Crippen molar-refractivity contribution in [3.05, 3.63) is 65.2 Å². The highest BCUT2D eigenvalue weighted by Crippen LogP contribution is 2.39. The Kier molecular flexibility index (Phi) is 7.27. The topological polar surface area (TPSA) is 26.3 Å². The first-order valence-corrected chi connectivity index (χ1v) is 12.2. The molecule has 0 unspecified atom stereocenters. The lowest BCUT2D eigenvalue weighted by Gasteiger charge is -2.28. The highest BCUT2D eigenvalue weighted by atomic mass is 19.3. The van der Waals surface area contributed by atoms with Gasteiger partial charge in [0.2, 0.25) is 0 Å². The minimum absolute atomic E-state index is 0.111. The van der Waals surface area contributed by atoms with Gasteiger partial charge in [-0.2, -0.15) is 8.78 Å². The van der Waals surface area contributed by atoms with Crippen LogP contribution in [0.1, 0.15) is 93.2 Å². The third-order valence-corrected chi connectivity index (χ3v) is 7.70. The Labute approximate surface area is 190 Å². The Morgan fingerprint density at radius 3 is 1.81 bits per heavy atom. The van der Waals surface area contributed by atoms with E-state index in [9.17, 15) is 13.6 Å². The van der Waals surface area contributed by atoms with Crippen LogP contribution in [0.4, 0.5) is 8.78 Å². The summed E-state index contributed by atoms with van der Waals surface area (Å²) in [6.45, 7) is 2.25. The van der Waals surface area contributed by atoms with Gasteiger partial charge in [0.1, 0.15) is 12.0 Å². The highest BCUT2D eigenvalue weighted by Gasteiger charge is 2.35. The summed E-state index contributed by atoms with van der Waals surface area (Å²) in [5.41, 5.74) is 2.18. The Balaban J connectivity index is 1.36. The van der Waals surface area contributed by atoms with Crippen molar-refractivity contribution in [2.45, 2.75) is 82.7 Å². The number of alkyl halides is 2. The molecule has 2 fully saturated rings. The molecule has 0 atom stereocenters. The summed E-state index contributed by atoms with van der Waals surface area (Å²) in [7, 11) is 0. The minimum Gasteiger partial charge on any atom is -0.429 e. The molecule has 2 aliphatic rings. The molecule has 32 heavy (non-hydrogen) atoms. The molecular formula is C28H34F2O2. The van der Waals surface area contributed by atoms with Crippen molar-refractivity contribution < 1.29 is 18.3 Å². The SMILES string of the molecule is CCC1CCC(c2ccc(C(F)(F)Oc3ccc(C4CCC(C=O)CC4)cc3)cc2)CC1. The zero-order valence-corrected chi connectivity index (χ0v) is 18.9. The highest BCUT2D eigenvalue weighted by molar-refractivity contribution is 5.53. The second-order valence-corrected chi connectivity index (χ2v) is 9.68. The number of carbonyl (C=O) groups is 1. The summed E-state index contributed by atoms with van der Waals surface area (Å²) in [5.74, 6) is 2.03. The molecule has 2 aromatic rings. The molecule has 4 rings (SSSR count). The molecule has 0 radical (unpaired) electrons. The molecule has 2 aromatic carbocycles. The van der Waals surface area contributed by atoms with E-state index in [0.29, 0.717) is 11.8 Å². The Hall–Kier alpha value is -2.23. The minimum atomic E-state index is -3.37. The second-order valence-electron chi connectivity index (χ2n) is 9.68. The van der Waals surface area contributed by atoms with Crippen molar-refractivity contribution in [3.63, 3.8) is 0 Å². The number of carbonyl (C=O) groups excluding carboxylic acids is 1. The van der Waals surface area contributed by atoms with E-state index in [4.69, 9.17) is 4.74 Å². The molecule has 0 heterocycles. The van der Waals surface area contributed by atoms with E-state index < -0.39 is 6.11 Å². The number of halogens is 2. The fourth-order valence-electron chi connectivity index (χ4n) is 5.46. The van der Waals surface area contributed by atoms with Crippen molar-refractivity contribution in [1.82, 2.24) is 0 Å². The van der Waals surface area contributed by atoms with Crippen LogP contribution in [0.15, 0.2) is 48.5 Å². The number of hydrogen-bond acceptors (Lipinski definition) is 2. The van der Waals surface area contributed by atoms with Gasteiger partial charge in [0.15, 0.2) is 0 Å². The van der Waals surface area contributed by atoms with Gasteiger partial charge >= 0.3 is 6.11 Å². The summed E-state index contributed by atoms with van der Waals surface area (Å²) in [4.78, 5) is 10.9. The van der Waals surface area contributed by atoms with E-state index in [-0.39, 0.29) is 17.2 Å². The Morgan fingerprint density at radius 2 is 1.31 bits per heavy atom. The van der Waals surface area contributed by atoms with Gasteiger partial charge in [-0.25, -0.2) is 0 Å². The first kappa shape index (κ1) is 22.9. The van der Waals surface area contributed by atoms with E-state index in [1.54, 1.807) is 12.1 Å². The summed E-state index contributed by atoms with van der Waals surface area (Å²) >= 11 is 0. The van der Waals surface area contributed by atoms with E-state index in [2.05, 4.69) is 6.92 Å². The van der Waals surface area contributed by atoms with Crippen LogP contribution < -0.4 is 4.74 Å². The zero-order valence-electron chi connectivity index (χ0n) is 18.9. The predicted octanol–water partition coefficient (Wildman–Crippen LogP) is 7.97. The summed E-state index contributed by atoms with van der Waals surface area (Å²) < 4.78 is 34.7. The predicted molar refractivity (Wildman–Crippen MR) is 123 cm³/mol. The van der Waals surface area contributed by atoms with Crippen molar-refractivity contribution in [2.24, 2.45) is 11.8 Å². The summed E-state index contributed by atoms with van der Waals surface area (Å²) in [5, 5.41) is 0. The molecule has 0 N–H and O–H groups in total. The van der Waals surface area contributed by atoms with Gasteiger partial charge in [0.05, 0.1) is 5.56 Å². The Morgan fingerprint density at radius 1 is 0.812 bits per heavy atom. The van der Waals surface area contributed by atoms with Gasteiger partial charge in [0, 0.05) is 5.92 Å². The fourth-order valence-corrected chi connectivity index (χ4v) is 5.46. The standard InChI is InChI=1S/C28H34F2O2/c1-2-20-3-7-22(8-4-20)24-11-15-26(16-12-24)28(29,30)32-27-17-13-25(14-18-27)23-9-5-21(19-31)6-10-23/h11-23H,2-10H2,1H3. The van der Waals surface area contributed by atoms with Crippen LogP contribution in [0.3, 0.4) is 0 Å². The van der Waals surface area contributed by atoms with Crippen molar-refractivity contribution in [1.29, 1.82) is 0 Å². The average molecular weight is 441 g/mol. The van der Waals surface area contributed by atoms with E-state index >= 15 is 0 Å². The number of hydrogen-bond donors (Lipinski definition) is 0. The second kappa shape index (κ2) is 10.1. The van der Waals surface area contributed by atoms with Crippen LogP contribution in [0.25, 0.3) is 0 Å². The monoisotopic (exact) mass is 440 g/mol. The molecule has 0 amide bonds. The van der Waals surface area contributed by atoms with Gasteiger partial charge in [-0.1, -0.05) is 37.6 Å². The maximum atomic E-state index is 14.8. The molecule has 0 spiro atoms. The molecule has 0 aromatic heterocycles. The van der Waals surface area contributed by atoms with Crippen LogP contribution in [-0.2, 0) is 10.9 Å². The van der Waals surface area contributed by atoms with Crippen LogP contribution in [-0.4, -0.2) is 6.29 Å². The van der Waals surface area contributed by atoms with Crippen LogP contribution in [0.2, 0.25) is 0 Å². The number of rotatable bonds is 7. The maximum Gasteiger partial charge on any atom is 0.426 e. The first-order valence-electron chi connectivity index (χ1n) is 12.2. The van der Waals surface area contributed by atoms with Crippen LogP contribution in [0, 0.1) is 11.8 Å². The number of benzene rings is 2. The number of aldehydes is 1. The lowest BCUT2D eigenvalue weighted by Crippen LogP contribution is -2.22. The van der Waals surface area contributed by atoms with E-state index in [0.717, 1.165) is 61.9 Å². The van der Waals surface area contributed by atoms with Gasteiger partial charge in [-0.3, -0.25) is 0 Å². The first-order chi connectivity index (χ1) is 15.5. The molecule has 4 heteroatoms. The maximum absolute atomic E-state index is 14.8. The van der Waals surface area contributed by atoms with Gasteiger partial charge < -0.3 is 9.53 Å². The van der Waals surface area contributed by atoms with Crippen molar-refractivity contribution in [2.75, 3.05) is 0 Å². The smallest absolute Gasteiger partial charge is 0.426 e. The van der Waals surface area contributed by atoms with Gasteiger partial charge in [0.25, 0.3) is 0 Å². The quantitative estimate of drug-likeness (QED) is 0.408. The summed E-state index contributed by atoms with van der Waals surface area (Å²) in [6, 6.07) is 13.8. The largest absolute Gasteiger partial charge is 0.429 e. The third kappa shape index (κ3) is 5.39. The van der Waals surface area contributed by atoms with Gasteiger partial charge in [-0.15, -0.1) is 0 Å². The molecule has 2 nitrogen and oxygen atoms in total. The molecule has 172 valence electrons. The Bertz CT molecular complexity index is 859. The average Bonchev–Trinajstić information content (AvgIpc) is 2.84. The lowest BCUT2D eigenvalue weighted by atomic mass is 9.78. The van der Waals surface area contributed by atoms with Gasteiger partial charge in [-0.05, 0) is 105 Å². The van der Waals surface area contributed by atoms with Crippen molar-refractivity contribution in [3.8, 4) is 5.75 Å². The van der Waals surface area contributed by atoms with Crippen LogP contribution >= 0.6 is 0 Å². The van der Waals surface area contributed by atoms with E-state index in [1.807, 2.05) is 24.3 Å².